The number of hydrogen-bond donors (Lipinski definition) is 0. The van der Waals surface area contributed by atoms with Crippen molar-refractivity contribution in [3.05, 3.63) is 21.8 Å². The lowest BCUT2D eigenvalue weighted by molar-refractivity contribution is -0.110. The van der Waals surface area contributed by atoms with Crippen LogP contribution in [-0.4, -0.2) is 21.7 Å². The van der Waals surface area contributed by atoms with Gasteiger partial charge >= 0.3 is 0 Å². The second kappa shape index (κ2) is 4.98. The molecule has 0 radical (unpaired) electrons. The van der Waals surface area contributed by atoms with Crippen LogP contribution < -0.4 is 5.56 Å². The van der Waals surface area contributed by atoms with Gasteiger partial charge in [0.15, 0.2) is 5.78 Å². The fourth-order valence-electron chi connectivity index (χ4n) is 0.571. The number of hydrogen-bond acceptors (Lipinski definition) is 5. The number of Topliss-reactive ketones (excluding diaryl/α,β-unsaturated/α-hetero) is 1. The van der Waals surface area contributed by atoms with Gasteiger partial charge in [0, 0.05) is 18.5 Å². The third kappa shape index (κ3) is 3.56. The zero-order chi connectivity index (χ0) is 9.68. The van der Waals surface area contributed by atoms with Gasteiger partial charge < -0.3 is 0 Å². The van der Waals surface area contributed by atoms with Crippen molar-refractivity contribution in [2.75, 3.05) is 5.75 Å². The van der Waals surface area contributed by atoms with E-state index < -0.39 is 0 Å². The topological polar surface area (TPSA) is 51.4 Å². The molecule has 0 atom stereocenters. The van der Waals surface area contributed by atoms with Crippen molar-refractivity contribution in [1.29, 1.82) is 0 Å². The molecule has 1 aromatic heterocycles. The molecule has 0 fully saturated rings. The van der Waals surface area contributed by atoms with E-state index in [9.17, 15) is 9.59 Å². The summed E-state index contributed by atoms with van der Waals surface area (Å²) in [6, 6.07) is 1.55. The maximum atomic E-state index is 10.4. The highest BCUT2D eigenvalue weighted by molar-refractivity contribution is 7.99. The first-order valence-corrected chi connectivity index (χ1v) is 5.27. The van der Waals surface area contributed by atoms with Crippen LogP contribution in [0.5, 0.6) is 0 Å². The Morgan fingerprint density at radius 1 is 1.54 bits per heavy atom. The average Bonchev–Trinajstić information content (AvgIpc) is 2.67. The molecule has 1 aromatic rings. The van der Waals surface area contributed by atoms with E-state index in [-0.39, 0.29) is 11.3 Å². The standard InChI is InChI=1S/C4H5NOS.C3H3NOS/c1-5-4(6)2-3-7-5;5-3-1-4-6-2-3/h2-3H,1H3;1H,2H2. The van der Waals surface area contributed by atoms with Crippen molar-refractivity contribution in [3.8, 4) is 0 Å². The van der Waals surface area contributed by atoms with E-state index in [1.54, 1.807) is 22.5 Å². The van der Waals surface area contributed by atoms with Crippen molar-refractivity contribution >= 4 is 35.5 Å². The van der Waals surface area contributed by atoms with Crippen molar-refractivity contribution in [1.82, 2.24) is 3.96 Å². The van der Waals surface area contributed by atoms with Crippen LogP contribution >= 0.6 is 23.5 Å². The molecule has 4 nitrogen and oxygen atoms in total. The van der Waals surface area contributed by atoms with Gasteiger partial charge in [0.2, 0.25) is 0 Å². The lowest BCUT2D eigenvalue weighted by atomic mass is 10.5. The molecule has 0 aliphatic carbocycles. The Balaban J connectivity index is 0.000000132. The molecule has 0 amide bonds. The van der Waals surface area contributed by atoms with Crippen LogP contribution in [0.4, 0.5) is 0 Å². The van der Waals surface area contributed by atoms with Crippen LogP contribution in [0.3, 0.4) is 0 Å². The Morgan fingerprint density at radius 2 is 2.31 bits per heavy atom. The van der Waals surface area contributed by atoms with Gasteiger partial charge in [-0.25, -0.2) is 4.40 Å². The molecule has 2 rings (SSSR count). The normalized spacial score (nSPS) is 14.1. The lowest BCUT2D eigenvalue weighted by Gasteiger charge is -1.76. The number of rotatable bonds is 0. The lowest BCUT2D eigenvalue weighted by Crippen LogP contribution is -2.05. The highest BCUT2D eigenvalue weighted by Gasteiger charge is 2.01. The van der Waals surface area contributed by atoms with E-state index in [1.165, 1.54) is 29.7 Å². The summed E-state index contributed by atoms with van der Waals surface area (Å²) >= 11 is 2.71. The molecule has 1 aliphatic heterocycles. The predicted octanol–water partition coefficient (Wildman–Crippen LogP) is 0.735. The monoisotopic (exact) mass is 216 g/mol. The van der Waals surface area contributed by atoms with Gasteiger partial charge in [-0.1, -0.05) is 11.5 Å². The summed E-state index contributed by atoms with van der Waals surface area (Å²) in [6.45, 7) is 0. The molecule has 1 aliphatic rings. The molecule has 6 heteroatoms. The summed E-state index contributed by atoms with van der Waals surface area (Å²) in [5, 5.41) is 1.77. The predicted molar refractivity (Wildman–Crippen MR) is 55.5 cm³/mol. The van der Waals surface area contributed by atoms with Gasteiger partial charge in [0.25, 0.3) is 5.56 Å². The minimum Gasteiger partial charge on any atom is -0.292 e. The van der Waals surface area contributed by atoms with Crippen molar-refractivity contribution in [3.63, 3.8) is 0 Å². The molecule has 0 unspecified atom stereocenters. The maximum absolute atomic E-state index is 10.4. The number of ketones is 1. The van der Waals surface area contributed by atoms with Gasteiger partial charge in [-0.2, -0.15) is 0 Å². The Bertz CT molecular complexity index is 367. The summed E-state index contributed by atoms with van der Waals surface area (Å²) in [6.07, 6.45) is 1.35. The van der Waals surface area contributed by atoms with Crippen LogP contribution in [0, 0.1) is 0 Å². The SMILES string of the molecule is Cn1sccc1=O.O=C1C=NSC1. The van der Waals surface area contributed by atoms with Crippen LogP contribution in [0.2, 0.25) is 0 Å². The molecular weight excluding hydrogens is 208 g/mol. The van der Waals surface area contributed by atoms with Gasteiger partial charge in [-0.3, -0.25) is 13.5 Å². The molecule has 0 bridgehead atoms. The van der Waals surface area contributed by atoms with Crippen LogP contribution in [0.25, 0.3) is 0 Å². The molecule has 2 heterocycles. The largest absolute Gasteiger partial charge is 0.292 e. The number of carbonyl (C=O) groups is 1. The molecule has 70 valence electrons. The highest BCUT2D eigenvalue weighted by Crippen LogP contribution is 2.05. The summed E-state index contributed by atoms with van der Waals surface area (Å²) in [5.74, 6) is 0.667. The first-order valence-electron chi connectivity index (χ1n) is 3.49. The minimum atomic E-state index is 0.0741. The second-order valence-electron chi connectivity index (χ2n) is 2.22. The number of nitrogens with zero attached hydrogens (tertiary/aromatic N) is 2. The van der Waals surface area contributed by atoms with Gasteiger partial charge in [-0.15, -0.1) is 0 Å². The van der Waals surface area contributed by atoms with E-state index in [4.69, 9.17) is 0 Å². The highest BCUT2D eigenvalue weighted by atomic mass is 32.2. The first-order chi connectivity index (χ1) is 6.20. The van der Waals surface area contributed by atoms with Gasteiger partial charge in [0.1, 0.15) is 0 Å². The van der Waals surface area contributed by atoms with E-state index in [0.717, 1.165) is 0 Å². The summed E-state index contributed by atoms with van der Waals surface area (Å²) in [7, 11) is 1.74. The molecule has 0 spiro atoms. The Morgan fingerprint density at radius 3 is 2.46 bits per heavy atom. The summed E-state index contributed by atoms with van der Waals surface area (Å²) in [5.41, 5.74) is 0.0741. The maximum Gasteiger partial charge on any atom is 0.260 e. The van der Waals surface area contributed by atoms with Crippen molar-refractivity contribution in [2.45, 2.75) is 0 Å². The Kier molecular flexibility index (Phi) is 3.91. The Hall–Kier alpha value is -0.880. The van der Waals surface area contributed by atoms with Crippen LogP contribution in [-0.2, 0) is 11.8 Å². The quantitative estimate of drug-likeness (QED) is 0.601. The van der Waals surface area contributed by atoms with E-state index in [1.807, 2.05) is 0 Å². The number of aryl methyl sites for hydroxylation is 1. The fourth-order valence-corrected chi connectivity index (χ4v) is 1.56. The van der Waals surface area contributed by atoms with E-state index in [0.29, 0.717) is 5.75 Å². The molecule has 0 saturated carbocycles. The third-order valence-corrected chi connectivity index (χ3v) is 2.64. The number of aromatic nitrogens is 1. The Labute approximate surface area is 83.6 Å². The van der Waals surface area contributed by atoms with Crippen LogP contribution in [0.1, 0.15) is 0 Å². The smallest absolute Gasteiger partial charge is 0.260 e. The van der Waals surface area contributed by atoms with Gasteiger partial charge in [0.05, 0.1) is 12.0 Å². The summed E-state index contributed by atoms with van der Waals surface area (Å²) in [4.78, 5) is 20.5. The van der Waals surface area contributed by atoms with E-state index in [2.05, 4.69) is 4.40 Å². The third-order valence-electron chi connectivity index (χ3n) is 1.22. The zero-order valence-corrected chi connectivity index (χ0v) is 8.60. The number of carbonyl (C=O) groups excluding carboxylic acids is 1. The zero-order valence-electron chi connectivity index (χ0n) is 6.97. The molecule has 13 heavy (non-hydrogen) atoms. The van der Waals surface area contributed by atoms with Crippen molar-refractivity contribution in [2.24, 2.45) is 11.4 Å². The second-order valence-corrected chi connectivity index (χ2v) is 4.01. The average molecular weight is 216 g/mol. The first kappa shape index (κ1) is 10.2. The molecular formula is C7H8N2O2S2. The minimum absolute atomic E-state index is 0.0741. The van der Waals surface area contributed by atoms with Crippen molar-refractivity contribution < 1.29 is 4.79 Å². The van der Waals surface area contributed by atoms with Gasteiger partial charge in [-0.05, 0) is 11.9 Å². The van der Waals surface area contributed by atoms with Crippen LogP contribution in [0.15, 0.2) is 20.6 Å². The molecule has 0 N–H and O–H groups in total. The summed E-state index contributed by atoms with van der Waals surface area (Å²) < 4.78 is 5.18. The molecule has 0 aromatic carbocycles. The molecule has 0 saturated heterocycles. The fraction of sp³-hybridized carbons (Fsp3) is 0.286. The van der Waals surface area contributed by atoms with E-state index >= 15 is 0 Å².